The van der Waals surface area contributed by atoms with Gasteiger partial charge < -0.3 is 10.4 Å². The fraction of sp³-hybridized carbons (Fsp3) is 0.500. The van der Waals surface area contributed by atoms with Crippen molar-refractivity contribution in [2.45, 2.75) is 31.4 Å². The van der Waals surface area contributed by atoms with Crippen LogP contribution in [-0.2, 0) is 6.42 Å². The lowest BCUT2D eigenvalue weighted by molar-refractivity contribution is 0.136. The zero-order valence-corrected chi connectivity index (χ0v) is 10.5. The molecule has 0 spiro atoms. The van der Waals surface area contributed by atoms with Crippen molar-refractivity contribution in [3.8, 4) is 0 Å². The molecular weight excluding hydrogens is 273 g/mol. The van der Waals surface area contributed by atoms with Crippen LogP contribution in [0.2, 0.25) is 0 Å². The molecule has 2 N–H and O–H groups in total. The SMILES string of the molecule is OC(Cc1cc(F)ccc1Br)C1CCCN1. The van der Waals surface area contributed by atoms with Gasteiger partial charge in [0.05, 0.1) is 6.10 Å². The summed E-state index contributed by atoms with van der Waals surface area (Å²) in [6.45, 7) is 0.964. The van der Waals surface area contributed by atoms with Crippen LogP contribution in [0.15, 0.2) is 22.7 Å². The molecule has 0 aliphatic carbocycles. The fourth-order valence-electron chi connectivity index (χ4n) is 2.11. The summed E-state index contributed by atoms with van der Waals surface area (Å²) in [5.41, 5.74) is 0.821. The average molecular weight is 288 g/mol. The van der Waals surface area contributed by atoms with E-state index in [2.05, 4.69) is 21.2 Å². The molecular formula is C12H15BrFNO. The first-order valence-corrected chi connectivity index (χ1v) is 6.31. The number of hydrogen-bond acceptors (Lipinski definition) is 2. The van der Waals surface area contributed by atoms with Gasteiger partial charge in [0, 0.05) is 16.9 Å². The lowest BCUT2D eigenvalue weighted by Crippen LogP contribution is -2.36. The minimum atomic E-state index is -0.444. The van der Waals surface area contributed by atoms with E-state index in [1.807, 2.05) is 0 Å². The van der Waals surface area contributed by atoms with E-state index < -0.39 is 6.10 Å². The Bertz CT molecular complexity index is 366. The van der Waals surface area contributed by atoms with Gasteiger partial charge >= 0.3 is 0 Å². The van der Waals surface area contributed by atoms with Crippen molar-refractivity contribution in [1.82, 2.24) is 5.32 Å². The Balaban J connectivity index is 2.04. The molecule has 88 valence electrons. The van der Waals surface area contributed by atoms with E-state index in [-0.39, 0.29) is 11.9 Å². The Morgan fingerprint density at radius 1 is 1.56 bits per heavy atom. The van der Waals surface area contributed by atoms with Gasteiger partial charge in [0.2, 0.25) is 0 Å². The smallest absolute Gasteiger partial charge is 0.123 e. The predicted molar refractivity (Wildman–Crippen MR) is 64.8 cm³/mol. The van der Waals surface area contributed by atoms with Crippen molar-refractivity contribution in [2.24, 2.45) is 0 Å². The molecule has 2 nitrogen and oxygen atoms in total. The van der Waals surface area contributed by atoms with Crippen molar-refractivity contribution in [1.29, 1.82) is 0 Å². The maximum absolute atomic E-state index is 13.1. The number of hydrogen-bond donors (Lipinski definition) is 2. The lowest BCUT2D eigenvalue weighted by Gasteiger charge is -2.18. The summed E-state index contributed by atoms with van der Waals surface area (Å²) in [6, 6.07) is 4.71. The normalized spacial score (nSPS) is 22.3. The Morgan fingerprint density at radius 2 is 2.38 bits per heavy atom. The van der Waals surface area contributed by atoms with Gasteiger partial charge in [0.15, 0.2) is 0 Å². The highest BCUT2D eigenvalue weighted by Gasteiger charge is 2.23. The molecule has 1 aromatic carbocycles. The molecule has 2 rings (SSSR count). The molecule has 2 unspecified atom stereocenters. The molecule has 0 radical (unpaired) electrons. The van der Waals surface area contributed by atoms with Crippen LogP contribution in [0.5, 0.6) is 0 Å². The second kappa shape index (κ2) is 5.25. The Morgan fingerprint density at radius 3 is 3.06 bits per heavy atom. The molecule has 0 saturated carbocycles. The molecule has 4 heteroatoms. The van der Waals surface area contributed by atoms with Crippen LogP contribution in [0.1, 0.15) is 18.4 Å². The second-order valence-electron chi connectivity index (χ2n) is 4.21. The van der Waals surface area contributed by atoms with E-state index in [9.17, 15) is 9.50 Å². The van der Waals surface area contributed by atoms with E-state index >= 15 is 0 Å². The molecule has 1 fully saturated rings. The summed E-state index contributed by atoms with van der Waals surface area (Å²) in [4.78, 5) is 0. The van der Waals surface area contributed by atoms with Gasteiger partial charge in [-0.05, 0) is 43.1 Å². The lowest BCUT2D eigenvalue weighted by atomic mass is 10.0. The minimum Gasteiger partial charge on any atom is -0.391 e. The zero-order valence-electron chi connectivity index (χ0n) is 8.92. The number of aliphatic hydroxyl groups is 1. The van der Waals surface area contributed by atoms with Crippen molar-refractivity contribution in [3.05, 3.63) is 34.1 Å². The number of benzene rings is 1. The van der Waals surface area contributed by atoms with Gasteiger partial charge in [-0.25, -0.2) is 4.39 Å². The molecule has 16 heavy (non-hydrogen) atoms. The number of nitrogens with one attached hydrogen (secondary N) is 1. The molecule has 0 aromatic heterocycles. The summed E-state index contributed by atoms with van der Waals surface area (Å²) in [7, 11) is 0. The maximum atomic E-state index is 13.1. The standard InChI is InChI=1S/C12H15BrFNO/c13-10-4-3-9(14)6-8(10)7-12(16)11-2-1-5-15-11/h3-4,6,11-12,15-16H,1-2,5,7H2. The zero-order chi connectivity index (χ0) is 11.5. The van der Waals surface area contributed by atoms with Crippen LogP contribution in [0.3, 0.4) is 0 Å². The highest BCUT2D eigenvalue weighted by atomic mass is 79.9. The molecule has 1 aliphatic rings. The van der Waals surface area contributed by atoms with E-state index in [4.69, 9.17) is 0 Å². The van der Waals surface area contributed by atoms with E-state index in [0.717, 1.165) is 29.4 Å². The molecule has 2 atom stereocenters. The van der Waals surface area contributed by atoms with Crippen LogP contribution >= 0.6 is 15.9 Å². The van der Waals surface area contributed by atoms with E-state index in [0.29, 0.717) is 6.42 Å². The van der Waals surface area contributed by atoms with Crippen LogP contribution < -0.4 is 5.32 Å². The molecule has 1 aromatic rings. The summed E-state index contributed by atoms with van der Waals surface area (Å²) >= 11 is 3.37. The second-order valence-corrected chi connectivity index (χ2v) is 5.06. The van der Waals surface area contributed by atoms with Gasteiger partial charge in [-0.15, -0.1) is 0 Å². The average Bonchev–Trinajstić information content (AvgIpc) is 2.76. The number of rotatable bonds is 3. The Hall–Kier alpha value is -0.450. The molecule has 0 amide bonds. The quantitative estimate of drug-likeness (QED) is 0.894. The summed E-state index contributed by atoms with van der Waals surface area (Å²) in [5.74, 6) is -0.259. The van der Waals surface area contributed by atoms with Crippen LogP contribution in [0, 0.1) is 5.82 Å². The van der Waals surface area contributed by atoms with Crippen molar-refractivity contribution in [2.75, 3.05) is 6.54 Å². The third-order valence-electron chi connectivity index (χ3n) is 3.00. The van der Waals surface area contributed by atoms with Gasteiger partial charge in [-0.2, -0.15) is 0 Å². The van der Waals surface area contributed by atoms with Crippen molar-refractivity contribution >= 4 is 15.9 Å². The topological polar surface area (TPSA) is 32.3 Å². The third-order valence-corrected chi connectivity index (χ3v) is 3.77. The maximum Gasteiger partial charge on any atom is 0.123 e. The minimum absolute atomic E-state index is 0.148. The third kappa shape index (κ3) is 2.81. The van der Waals surface area contributed by atoms with Crippen molar-refractivity contribution < 1.29 is 9.50 Å². The highest BCUT2D eigenvalue weighted by molar-refractivity contribution is 9.10. The summed E-state index contributed by atoms with van der Waals surface area (Å²) < 4.78 is 13.9. The fourth-order valence-corrected chi connectivity index (χ4v) is 2.52. The molecule has 0 bridgehead atoms. The van der Waals surface area contributed by atoms with Crippen molar-refractivity contribution in [3.63, 3.8) is 0 Å². The van der Waals surface area contributed by atoms with E-state index in [1.165, 1.54) is 12.1 Å². The highest BCUT2D eigenvalue weighted by Crippen LogP contribution is 2.21. The largest absolute Gasteiger partial charge is 0.391 e. The molecule has 1 heterocycles. The molecule has 1 aliphatic heterocycles. The van der Waals surface area contributed by atoms with Gasteiger partial charge in [-0.3, -0.25) is 0 Å². The molecule has 1 saturated heterocycles. The van der Waals surface area contributed by atoms with Gasteiger partial charge in [-0.1, -0.05) is 15.9 Å². The first-order chi connectivity index (χ1) is 7.66. The summed E-state index contributed by atoms with van der Waals surface area (Å²) in [6.07, 6.45) is 2.14. The number of aliphatic hydroxyl groups excluding tert-OH is 1. The Kier molecular flexibility index (Phi) is 3.95. The predicted octanol–water partition coefficient (Wildman–Crippen LogP) is 2.24. The number of halogens is 2. The van der Waals surface area contributed by atoms with Crippen LogP contribution in [0.4, 0.5) is 4.39 Å². The Labute approximate surface area is 103 Å². The van der Waals surface area contributed by atoms with Gasteiger partial charge in [0.25, 0.3) is 0 Å². The van der Waals surface area contributed by atoms with Crippen LogP contribution in [0.25, 0.3) is 0 Å². The van der Waals surface area contributed by atoms with Crippen LogP contribution in [-0.4, -0.2) is 23.8 Å². The monoisotopic (exact) mass is 287 g/mol. The summed E-state index contributed by atoms with van der Waals surface area (Å²) in [5, 5.41) is 13.3. The first-order valence-electron chi connectivity index (χ1n) is 5.52. The van der Waals surface area contributed by atoms with Gasteiger partial charge in [0.1, 0.15) is 5.82 Å². The first kappa shape index (κ1) is 12.0. The van der Waals surface area contributed by atoms with E-state index in [1.54, 1.807) is 6.07 Å².